The van der Waals surface area contributed by atoms with E-state index in [1.54, 1.807) is 76.7 Å². The van der Waals surface area contributed by atoms with Crippen molar-refractivity contribution >= 4 is 47.3 Å². The number of ether oxygens (including phenoxy) is 4. The molecule has 0 radical (unpaired) electrons. The van der Waals surface area contributed by atoms with Crippen LogP contribution < -0.4 is 48.9 Å². The number of aromatic hydroxyl groups is 2. The standard InChI is InChI=1S/C19H22N2O5.C16H18N2O5.C4H6O3.C2H4O2.Na/c1-11-16(12(2)22)21(14-7-9-15(25-6)10-8-14)17(19(24)20(4)5)18(11)26-13(3)23;1-9(19)12-14(20)15(21)13(16(22)17(2)3)18(12)10-5-7-11(23-4)8-6-10;1-3(5)7-4(2)6;1-2(3)4;/h7-10H,1-6H3;5-8,20-21H,1-4H3;1-2H3;1H3,(H,3,4);/q;;;;+1/p-1. The fraction of sp³-hybridized carbons (Fsp3) is 0.317. The third-order valence-electron chi connectivity index (χ3n) is 7.56. The average molecular weight is 861 g/mol. The Morgan fingerprint density at radius 1 is 0.557 bits per heavy atom. The van der Waals surface area contributed by atoms with Gasteiger partial charge in [0.2, 0.25) is 0 Å². The normalized spacial score (nSPS) is 9.66. The van der Waals surface area contributed by atoms with Crippen LogP contribution in [-0.2, 0) is 23.9 Å². The molecule has 324 valence electrons. The Bertz CT molecular complexity index is 2220. The number of amides is 2. The van der Waals surface area contributed by atoms with E-state index in [-0.39, 0.29) is 69.8 Å². The van der Waals surface area contributed by atoms with Crippen LogP contribution in [0.25, 0.3) is 11.4 Å². The molecular weight excluding hydrogens is 811 g/mol. The fourth-order valence-electron chi connectivity index (χ4n) is 5.22. The smallest absolute Gasteiger partial charge is 0.550 e. The number of rotatable bonds is 9. The number of hydrogen-bond acceptors (Lipinski definition) is 15. The number of esters is 3. The quantitative estimate of drug-likeness (QED) is 0.0993. The van der Waals surface area contributed by atoms with Crippen LogP contribution in [0.1, 0.15) is 89.1 Å². The molecule has 0 fully saturated rings. The number of carbonyl (C=O) groups excluding carboxylic acids is 8. The molecule has 0 aliphatic carbocycles. The van der Waals surface area contributed by atoms with Gasteiger partial charge in [0.25, 0.3) is 11.8 Å². The van der Waals surface area contributed by atoms with Crippen molar-refractivity contribution in [1.82, 2.24) is 18.9 Å². The Hall–Kier alpha value is -6.44. The van der Waals surface area contributed by atoms with Crippen LogP contribution in [0.5, 0.6) is 28.7 Å². The zero-order valence-corrected chi connectivity index (χ0v) is 38.6. The number of aromatic nitrogens is 2. The maximum Gasteiger partial charge on any atom is 1.00 e. The van der Waals surface area contributed by atoms with Gasteiger partial charge in [-0.2, -0.15) is 0 Å². The van der Waals surface area contributed by atoms with Gasteiger partial charge in [-0.3, -0.25) is 42.7 Å². The van der Waals surface area contributed by atoms with Gasteiger partial charge in [-0.25, -0.2) is 0 Å². The first-order chi connectivity index (χ1) is 27.8. The minimum atomic E-state index is -1.08. The van der Waals surface area contributed by atoms with Gasteiger partial charge in [0.05, 0.1) is 19.9 Å². The van der Waals surface area contributed by atoms with Gasteiger partial charge in [-0.05, 0) is 62.4 Å². The molecular formula is C41H49N4NaO15. The van der Waals surface area contributed by atoms with E-state index < -0.39 is 47.1 Å². The molecule has 0 aliphatic heterocycles. The van der Waals surface area contributed by atoms with Crippen molar-refractivity contribution < 1.29 is 102 Å². The second-order valence-corrected chi connectivity index (χ2v) is 12.8. The van der Waals surface area contributed by atoms with Crippen LogP contribution in [0.15, 0.2) is 48.5 Å². The average Bonchev–Trinajstić information content (AvgIpc) is 3.59. The number of Topliss-reactive ketones (excluding diaryl/α,β-unsaturated/α-hetero) is 2. The molecule has 2 N–H and O–H groups in total. The van der Waals surface area contributed by atoms with E-state index in [0.717, 1.165) is 6.92 Å². The number of nitrogens with zero attached hydrogens (tertiary/aromatic N) is 4. The maximum absolute atomic E-state index is 12.8. The molecule has 2 amide bonds. The molecule has 0 atom stereocenters. The number of benzene rings is 2. The molecule has 0 spiro atoms. The van der Waals surface area contributed by atoms with Crippen LogP contribution in [0.3, 0.4) is 0 Å². The van der Waals surface area contributed by atoms with Crippen molar-refractivity contribution in [3.8, 4) is 40.1 Å². The number of methoxy groups -OCH3 is 2. The van der Waals surface area contributed by atoms with Crippen LogP contribution in [0, 0.1) is 6.92 Å². The summed E-state index contributed by atoms with van der Waals surface area (Å²) in [5.74, 6) is -4.32. The summed E-state index contributed by atoms with van der Waals surface area (Å²) in [5.41, 5.74) is 1.55. The zero-order valence-electron chi connectivity index (χ0n) is 36.6. The summed E-state index contributed by atoms with van der Waals surface area (Å²) in [6.07, 6.45) is 0. The first-order valence-electron chi connectivity index (χ1n) is 17.5. The summed E-state index contributed by atoms with van der Waals surface area (Å²) >= 11 is 0. The molecule has 0 unspecified atom stereocenters. The van der Waals surface area contributed by atoms with E-state index in [9.17, 15) is 43.8 Å². The summed E-state index contributed by atoms with van der Waals surface area (Å²) in [6.45, 7) is 8.90. The molecule has 19 nitrogen and oxygen atoms in total. The van der Waals surface area contributed by atoms with Crippen LogP contribution in [0.4, 0.5) is 0 Å². The molecule has 20 heteroatoms. The van der Waals surface area contributed by atoms with Gasteiger partial charge < -0.3 is 48.9 Å². The van der Waals surface area contributed by atoms with E-state index in [1.165, 1.54) is 74.8 Å². The molecule has 2 aromatic carbocycles. The van der Waals surface area contributed by atoms with Gasteiger partial charge in [0, 0.05) is 85.7 Å². The predicted molar refractivity (Wildman–Crippen MR) is 213 cm³/mol. The van der Waals surface area contributed by atoms with Crippen LogP contribution >= 0.6 is 0 Å². The molecule has 61 heavy (non-hydrogen) atoms. The van der Waals surface area contributed by atoms with Gasteiger partial charge in [-0.1, -0.05) is 0 Å². The van der Waals surface area contributed by atoms with Crippen LogP contribution in [0.2, 0.25) is 0 Å². The van der Waals surface area contributed by atoms with Gasteiger partial charge in [-0.15, -0.1) is 0 Å². The number of carbonyl (C=O) groups is 8. The van der Waals surface area contributed by atoms with E-state index in [4.69, 9.17) is 24.1 Å². The maximum atomic E-state index is 12.8. The van der Waals surface area contributed by atoms with E-state index >= 15 is 0 Å². The number of ketones is 2. The third-order valence-corrected chi connectivity index (χ3v) is 7.56. The Morgan fingerprint density at radius 3 is 1.16 bits per heavy atom. The van der Waals surface area contributed by atoms with E-state index in [0.29, 0.717) is 28.4 Å². The van der Waals surface area contributed by atoms with Crippen molar-refractivity contribution in [2.24, 2.45) is 0 Å². The van der Waals surface area contributed by atoms with Crippen LogP contribution in [-0.4, -0.2) is 119 Å². The van der Waals surface area contributed by atoms with E-state index in [1.807, 2.05) is 0 Å². The van der Waals surface area contributed by atoms with E-state index in [2.05, 4.69) is 4.74 Å². The Kier molecular flexibility index (Phi) is 22.0. The molecule has 4 rings (SSSR count). The first kappa shape index (κ1) is 54.6. The third kappa shape index (κ3) is 15.0. The number of carboxylic acids is 1. The molecule has 0 saturated heterocycles. The number of carboxylic acid groups (broad SMARTS) is 1. The zero-order chi connectivity index (χ0) is 46.3. The summed E-state index contributed by atoms with van der Waals surface area (Å²) in [7, 11) is 9.28. The summed E-state index contributed by atoms with van der Waals surface area (Å²) in [4.78, 5) is 92.1. The second-order valence-electron chi connectivity index (χ2n) is 12.8. The van der Waals surface area contributed by atoms with Crippen molar-refractivity contribution in [2.75, 3.05) is 42.4 Å². The minimum Gasteiger partial charge on any atom is -0.550 e. The molecule has 2 heterocycles. The minimum absolute atomic E-state index is 0. The van der Waals surface area contributed by atoms with Gasteiger partial charge >= 0.3 is 47.5 Å². The molecule has 0 saturated carbocycles. The van der Waals surface area contributed by atoms with Crippen molar-refractivity contribution in [2.45, 2.75) is 48.5 Å². The van der Waals surface area contributed by atoms with Crippen molar-refractivity contribution in [3.63, 3.8) is 0 Å². The molecule has 0 bridgehead atoms. The Morgan fingerprint density at radius 2 is 0.885 bits per heavy atom. The fourth-order valence-corrected chi connectivity index (χ4v) is 5.22. The first-order valence-corrected chi connectivity index (χ1v) is 17.5. The summed E-state index contributed by atoms with van der Waals surface area (Å²) in [6, 6.07) is 13.5. The topological polar surface area (TPSA) is 253 Å². The Labute approximate surface area is 374 Å². The van der Waals surface area contributed by atoms with Gasteiger partial charge in [0.15, 0.2) is 40.2 Å². The molecule has 4 aromatic rings. The predicted octanol–water partition coefficient (Wildman–Crippen LogP) is 0.282. The second kappa shape index (κ2) is 24.6. The van der Waals surface area contributed by atoms with Gasteiger partial charge in [0.1, 0.15) is 17.2 Å². The number of aliphatic carboxylic acids is 1. The van der Waals surface area contributed by atoms with Crippen molar-refractivity contribution in [1.29, 1.82) is 0 Å². The number of hydrogen-bond donors (Lipinski definition) is 2. The summed E-state index contributed by atoms with van der Waals surface area (Å²) in [5, 5.41) is 29.1. The summed E-state index contributed by atoms with van der Waals surface area (Å²) < 4.78 is 22.3. The molecule has 0 aliphatic rings. The molecule has 2 aromatic heterocycles. The monoisotopic (exact) mass is 860 g/mol. The SMILES string of the molecule is CC(=O)OC(C)=O.CC(=O)[O-].COc1ccc(-n2c(C(C)=O)c(C)c(OC(C)=O)c2C(=O)N(C)C)cc1.COc1ccc(-n2c(C(C)=O)c(O)c(O)c2C(=O)N(C)C)cc1.[Na+]. The van der Waals surface area contributed by atoms with Crippen molar-refractivity contribution in [3.05, 3.63) is 76.9 Å². The Balaban J connectivity index is 0.000000940. The largest absolute Gasteiger partial charge is 1.00 e.